The van der Waals surface area contributed by atoms with Gasteiger partial charge in [0.1, 0.15) is 0 Å². The minimum absolute atomic E-state index is 0.0894. The first kappa shape index (κ1) is 24.0. The van der Waals surface area contributed by atoms with Gasteiger partial charge in [0.15, 0.2) is 11.0 Å². The molecule has 0 spiro atoms. The fourth-order valence-corrected chi connectivity index (χ4v) is 4.57. The molecule has 0 aliphatic heterocycles. The van der Waals surface area contributed by atoms with Crippen molar-refractivity contribution in [3.8, 4) is 0 Å². The predicted molar refractivity (Wildman–Crippen MR) is 131 cm³/mol. The van der Waals surface area contributed by atoms with Crippen molar-refractivity contribution in [1.82, 2.24) is 20.1 Å². The van der Waals surface area contributed by atoms with Crippen LogP contribution in [0.25, 0.3) is 0 Å². The monoisotopic (exact) mass is 515 g/mol. The minimum atomic E-state index is -0.193. The van der Waals surface area contributed by atoms with Gasteiger partial charge in [-0.05, 0) is 59.5 Å². The van der Waals surface area contributed by atoms with Crippen LogP contribution in [0.4, 0.5) is 5.69 Å². The highest BCUT2D eigenvalue weighted by atomic mass is 79.9. The van der Waals surface area contributed by atoms with Crippen molar-refractivity contribution >= 4 is 45.2 Å². The maximum absolute atomic E-state index is 12.6. The van der Waals surface area contributed by atoms with Crippen LogP contribution in [0, 0.1) is 6.92 Å². The van der Waals surface area contributed by atoms with Gasteiger partial charge < -0.3 is 15.2 Å². The maximum Gasteiger partial charge on any atom is 0.252 e. The standard InChI is InChI=1S/C23H26BrN5O2S/c1-4-16-10-8-9-15(3)21(16)26-20(30)14-32-23-28-27-19(29(23)5-2)13-25-22(31)17-11-6-7-12-18(17)24/h6-12H,4-5,13-14H2,1-3H3,(H,25,31)(H,26,30). The molecule has 0 saturated heterocycles. The van der Waals surface area contributed by atoms with Gasteiger partial charge in [-0.1, -0.05) is 49.0 Å². The molecule has 0 bridgehead atoms. The molecule has 2 aromatic carbocycles. The number of amides is 2. The number of halogens is 1. The highest BCUT2D eigenvalue weighted by Crippen LogP contribution is 2.23. The molecule has 3 aromatic rings. The van der Waals surface area contributed by atoms with E-state index in [1.807, 2.05) is 54.8 Å². The Morgan fingerprint density at radius 1 is 1.09 bits per heavy atom. The van der Waals surface area contributed by atoms with E-state index in [0.29, 0.717) is 23.1 Å². The third-order valence-corrected chi connectivity index (χ3v) is 6.63. The van der Waals surface area contributed by atoms with Crippen LogP contribution in [0.1, 0.15) is 41.2 Å². The number of hydrogen-bond acceptors (Lipinski definition) is 5. The summed E-state index contributed by atoms with van der Waals surface area (Å²) in [6, 6.07) is 13.3. The second kappa shape index (κ2) is 11.3. The lowest BCUT2D eigenvalue weighted by molar-refractivity contribution is -0.113. The van der Waals surface area contributed by atoms with Crippen LogP contribution in [0.3, 0.4) is 0 Å². The zero-order chi connectivity index (χ0) is 23.1. The molecule has 0 aliphatic carbocycles. The molecule has 0 atom stereocenters. The van der Waals surface area contributed by atoms with Crippen molar-refractivity contribution in [2.75, 3.05) is 11.1 Å². The Morgan fingerprint density at radius 3 is 2.59 bits per heavy atom. The number of benzene rings is 2. The Balaban J connectivity index is 1.61. The average Bonchev–Trinajstić information content (AvgIpc) is 3.19. The van der Waals surface area contributed by atoms with Gasteiger partial charge >= 0.3 is 0 Å². The summed E-state index contributed by atoms with van der Waals surface area (Å²) in [4.78, 5) is 25.0. The van der Waals surface area contributed by atoms with E-state index in [2.05, 4.69) is 43.7 Å². The molecule has 0 aliphatic rings. The van der Waals surface area contributed by atoms with Gasteiger partial charge in [0.05, 0.1) is 17.9 Å². The summed E-state index contributed by atoms with van der Waals surface area (Å²) < 4.78 is 2.64. The normalized spacial score (nSPS) is 10.8. The van der Waals surface area contributed by atoms with E-state index in [1.54, 1.807) is 6.07 Å². The van der Waals surface area contributed by atoms with Crippen molar-refractivity contribution in [2.24, 2.45) is 0 Å². The number of nitrogens with zero attached hydrogens (tertiary/aromatic N) is 3. The summed E-state index contributed by atoms with van der Waals surface area (Å²) in [7, 11) is 0. The molecule has 0 fully saturated rings. The van der Waals surface area contributed by atoms with E-state index in [0.717, 1.165) is 27.7 Å². The van der Waals surface area contributed by atoms with E-state index >= 15 is 0 Å². The topological polar surface area (TPSA) is 88.9 Å². The van der Waals surface area contributed by atoms with E-state index in [-0.39, 0.29) is 24.1 Å². The number of nitrogens with one attached hydrogen (secondary N) is 2. The molecule has 168 valence electrons. The van der Waals surface area contributed by atoms with Crippen LogP contribution >= 0.6 is 27.7 Å². The van der Waals surface area contributed by atoms with Gasteiger partial charge in [0.2, 0.25) is 5.91 Å². The molecule has 1 heterocycles. The molecular formula is C23H26BrN5O2S. The Bertz CT molecular complexity index is 1120. The van der Waals surface area contributed by atoms with Gasteiger partial charge in [0, 0.05) is 16.7 Å². The number of para-hydroxylation sites is 1. The van der Waals surface area contributed by atoms with Gasteiger partial charge in [-0.2, -0.15) is 0 Å². The first-order valence-corrected chi connectivity index (χ1v) is 12.2. The summed E-state index contributed by atoms with van der Waals surface area (Å²) in [5.74, 6) is 0.581. The predicted octanol–water partition coefficient (Wildman–Crippen LogP) is 4.59. The van der Waals surface area contributed by atoms with Crippen molar-refractivity contribution in [2.45, 2.75) is 45.4 Å². The number of rotatable bonds is 9. The first-order valence-electron chi connectivity index (χ1n) is 10.4. The molecule has 2 amide bonds. The molecule has 2 N–H and O–H groups in total. The molecule has 0 unspecified atom stereocenters. The molecule has 9 heteroatoms. The van der Waals surface area contributed by atoms with E-state index in [4.69, 9.17) is 0 Å². The van der Waals surface area contributed by atoms with Crippen LogP contribution in [0.2, 0.25) is 0 Å². The fraction of sp³-hybridized carbons (Fsp3) is 0.304. The third kappa shape index (κ3) is 5.77. The number of anilines is 1. The van der Waals surface area contributed by atoms with Crippen LogP contribution in [-0.2, 0) is 24.3 Å². The van der Waals surface area contributed by atoms with Gasteiger partial charge in [0.25, 0.3) is 5.91 Å². The van der Waals surface area contributed by atoms with Gasteiger partial charge in [-0.25, -0.2) is 0 Å². The Hall–Kier alpha value is -2.65. The lowest BCUT2D eigenvalue weighted by Gasteiger charge is -2.13. The molecule has 3 rings (SSSR count). The maximum atomic E-state index is 12.6. The van der Waals surface area contributed by atoms with Crippen molar-refractivity contribution in [3.63, 3.8) is 0 Å². The lowest BCUT2D eigenvalue weighted by atomic mass is 10.1. The number of thioether (sulfide) groups is 1. The number of carbonyl (C=O) groups is 2. The van der Waals surface area contributed by atoms with E-state index < -0.39 is 0 Å². The quantitative estimate of drug-likeness (QED) is 0.406. The highest BCUT2D eigenvalue weighted by molar-refractivity contribution is 9.10. The Morgan fingerprint density at radius 2 is 1.88 bits per heavy atom. The zero-order valence-electron chi connectivity index (χ0n) is 18.3. The number of aromatic nitrogens is 3. The van der Waals surface area contributed by atoms with Crippen molar-refractivity contribution in [3.05, 3.63) is 69.5 Å². The number of hydrogen-bond donors (Lipinski definition) is 2. The smallest absolute Gasteiger partial charge is 0.252 e. The summed E-state index contributed by atoms with van der Waals surface area (Å²) >= 11 is 4.72. The van der Waals surface area contributed by atoms with E-state index in [1.165, 1.54) is 11.8 Å². The Kier molecular flexibility index (Phi) is 8.46. The molecule has 32 heavy (non-hydrogen) atoms. The average molecular weight is 516 g/mol. The second-order valence-electron chi connectivity index (χ2n) is 7.11. The van der Waals surface area contributed by atoms with Gasteiger partial charge in [-0.3, -0.25) is 9.59 Å². The molecule has 7 nitrogen and oxygen atoms in total. The van der Waals surface area contributed by atoms with Crippen LogP contribution in [0.5, 0.6) is 0 Å². The lowest BCUT2D eigenvalue weighted by Crippen LogP contribution is -2.25. The van der Waals surface area contributed by atoms with Crippen molar-refractivity contribution in [1.29, 1.82) is 0 Å². The van der Waals surface area contributed by atoms with Crippen molar-refractivity contribution < 1.29 is 9.59 Å². The summed E-state index contributed by atoms with van der Waals surface area (Å²) in [5, 5.41) is 15.0. The SMILES string of the molecule is CCc1cccc(C)c1NC(=O)CSc1nnc(CNC(=O)c2ccccc2Br)n1CC. The molecule has 0 radical (unpaired) electrons. The third-order valence-electron chi connectivity index (χ3n) is 4.97. The van der Waals surface area contributed by atoms with E-state index in [9.17, 15) is 9.59 Å². The Labute approximate surface area is 200 Å². The largest absolute Gasteiger partial charge is 0.345 e. The summed E-state index contributed by atoms with van der Waals surface area (Å²) in [5.41, 5.74) is 3.60. The molecular weight excluding hydrogens is 490 g/mol. The summed E-state index contributed by atoms with van der Waals surface area (Å²) in [6.45, 7) is 6.92. The second-order valence-corrected chi connectivity index (χ2v) is 8.90. The fourth-order valence-electron chi connectivity index (χ4n) is 3.28. The highest BCUT2D eigenvalue weighted by Gasteiger charge is 2.16. The minimum Gasteiger partial charge on any atom is -0.345 e. The zero-order valence-corrected chi connectivity index (χ0v) is 20.7. The molecule has 0 saturated carbocycles. The van der Waals surface area contributed by atoms with Crippen LogP contribution in [0.15, 0.2) is 52.1 Å². The first-order chi connectivity index (χ1) is 15.4. The van der Waals surface area contributed by atoms with Crippen LogP contribution in [-0.4, -0.2) is 32.3 Å². The molecule has 1 aromatic heterocycles. The number of aryl methyl sites for hydroxylation is 2. The number of carbonyl (C=O) groups excluding carboxylic acids is 2. The van der Waals surface area contributed by atoms with Gasteiger partial charge in [-0.15, -0.1) is 10.2 Å². The van der Waals surface area contributed by atoms with Crippen LogP contribution < -0.4 is 10.6 Å². The summed E-state index contributed by atoms with van der Waals surface area (Å²) in [6.07, 6.45) is 0.850.